The second-order valence-corrected chi connectivity index (χ2v) is 8.30. The molecule has 6 aromatic rings. The molecule has 0 spiro atoms. The average Bonchev–Trinajstić information content (AvgIpc) is 3.37. The van der Waals surface area contributed by atoms with Crippen LogP contribution in [-0.4, -0.2) is 4.57 Å². The van der Waals surface area contributed by atoms with Gasteiger partial charge in [-0.05, 0) is 35.9 Å². The predicted octanol–water partition coefficient (Wildman–Crippen LogP) is 8.16. The van der Waals surface area contributed by atoms with Gasteiger partial charge in [-0.3, -0.25) is 0 Å². The third-order valence-corrected chi connectivity index (χ3v) is 6.43. The first-order chi connectivity index (χ1) is 16.3. The number of fused-ring (bicyclic) bond motifs is 7. The molecule has 0 saturated heterocycles. The summed E-state index contributed by atoms with van der Waals surface area (Å²) in [5, 5.41) is 4.56. The topological polar surface area (TPSA) is 27.3 Å². The summed E-state index contributed by atoms with van der Waals surface area (Å²) in [6.45, 7) is 4.25. The number of furan rings is 1. The molecule has 0 atom stereocenters. The lowest BCUT2D eigenvalue weighted by molar-refractivity contribution is 0.480. The van der Waals surface area contributed by atoms with E-state index in [4.69, 9.17) is 9.15 Å². The van der Waals surface area contributed by atoms with E-state index < -0.39 is 0 Å². The van der Waals surface area contributed by atoms with Crippen molar-refractivity contribution in [1.29, 1.82) is 0 Å². The minimum absolute atomic E-state index is 0.786. The Labute approximate surface area is 190 Å². The van der Waals surface area contributed by atoms with Gasteiger partial charge in [-0.15, -0.1) is 0 Å². The lowest BCUT2D eigenvalue weighted by Gasteiger charge is -2.13. The molecule has 0 amide bonds. The Morgan fingerprint density at radius 3 is 2.45 bits per heavy atom. The van der Waals surface area contributed by atoms with E-state index in [1.807, 2.05) is 30.4 Å². The van der Waals surface area contributed by atoms with E-state index in [2.05, 4.69) is 77.9 Å². The Bertz CT molecular complexity index is 1810. The third kappa shape index (κ3) is 2.56. The molecule has 3 nitrogen and oxygen atoms in total. The highest BCUT2D eigenvalue weighted by molar-refractivity contribution is 6.13. The maximum absolute atomic E-state index is 6.38. The summed E-state index contributed by atoms with van der Waals surface area (Å²) in [7, 11) is 0. The fraction of sp³-hybridized carbons (Fsp3) is 0. The van der Waals surface area contributed by atoms with Gasteiger partial charge in [-0.1, -0.05) is 67.3 Å². The summed E-state index contributed by atoms with van der Waals surface area (Å²) in [5.41, 5.74) is 6.88. The first-order valence-corrected chi connectivity index (χ1v) is 11.0. The van der Waals surface area contributed by atoms with Crippen LogP contribution in [0.1, 0.15) is 5.56 Å². The molecule has 0 N–H and O–H groups in total. The summed E-state index contributed by atoms with van der Waals surface area (Å²) in [5.74, 6) is 0.786. The van der Waals surface area contributed by atoms with Gasteiger partial charge in [0.2, 0.25) is 0 Å². The summed E-state index contributed by atoms with van der Waals surface area (Å²) in [4.78, 5) is 0. The van der Waals surface area contributed by atoms with Gasteiger partial charge in [-0.25, -0.2) is 0 Å². The van der Waals surface area contributed by atoms with Crippen molar-refractivity contribution in [2.75, 3.05) is 0 Å². The molecule has 1 aliphatic rings. The lowest BCUT2D eigenvalue weighted by Crippen LogP contribution is -1.96. The number of hydrogen-bond donors (Lipinski definition) is 0. The highest BCUT2D eigenvalue weighted by Crippen LogP contribution is 2.41. The number of nitrogens with zero attached hydrogens (tertiary/aromatic N) is 1. The minimum atomic E-state index is 0.786. The van der Waals surface area contributed by atoms with Gasteiger partial charge in [0.15, 0.2) is 5.58 Å². The van der Waals surface area contributed by atoms with Crippen LogP contribution in [0.3, 0.4) is 0 Å². The lowest BCUT2D eigenvalue weighted by atomic mass is 10.0. The first-order valence-electron chi connectivity index (χ1n) is 11.0. The zero-order chi connectivity index (χ0) is 21.9. The van der Waals surface area contributed by atoms with Crippen LogP contribution in [0.5, 0.6) is 5.75 Å². The normalized spacial score (nSPS) is 15.5. The molecule has 0 fully saturated rings. The molecule has 4 aromatic carbocycles. The van der Waals surface area contributed by atoms with E-state index in [0.29, 0.717) is 0 Å². The van der Waals surface area contributed by atoms with Crippen molar-refractivity contribution in [1.82, 2.24) is 4.57 Å². The molecule has 3 heteroatoms. The summed E-state index contributed by atoms with van der Waals surface area (Å²) >= 11 is 0. The predicted molar refractivity (Wildman–Crippen MR) is 136 cm³/mol. The quantitative estimate of drug-likeness (QED) is 0.266. The van der Waals surface area contributed by atoms with Crippen molar-refractivity contribution in [3.63, 3.8) is 0 Å². The molecule has 0 radical (unpaired) electrons. The standard InChI is InChI=1S/C30H19NO2/c1-19-9-6-7-16-32-29-18-27-24(17-23(19)29)20-10-2-4-13-25(20)31(27)26-14-8-12-22-21-11-3-5-15-28(21)33-30(22)26/h2-18H,1H2/b9-6-,16-7-. The number of hydrogen-bond acceptors (Lipinski definition) is 2. The van der Waals surface area contributed by atoms with Crippen LogP contribution in [0.2, 0.25) is 0 Å². The van der Waals surface area contributed by atoms with Crippen molar-refractivity contribution in [3.8, 4) is 11.4 Å². The van der Waals surface area contributed by atoms with Crippen LogP contribution in [0.25, 0.3) is 55.0 Å². The number of benzene rings is 4. The average molecular weight is 425 g/mol. The molecule has 0 unspecified atom stereocenters. The number of allylic oxidation sites excluding steroid dienone is 4. The highest BCUT2D eigenvalue weighted by Gasteiger charge is 2.20. The number of rotatable bonds is 1. The molecule has 33 heavy (non-hydrogen) atoms. The van der Waals surface area contributed by atoms with Crippen LogP contribution in [0.15, 0.2) is 114 Å². The van der Waals surface area contributed by atoms with Crippen molar-refractivity contribution < 1.29 is 9.15 Å². The van der Waals surface area contributed by atoms with Gasteiger partial charge in [0.1, 0.15) is 11.3 Å². The van der Waals surface area contributed by atoms with E-state index in [-0.39, 0.29) is 0 Å². The number of aromatic nitrogens is 1. The minimum Gasteiger partial charge on any atom is -0.464 e. The Balaban J connectivity index is 1.63. The van der Waals surface area contributed by atoms with E-state index >= 15 is 0 Å². The SMILES string of the molecule is C=C1/C=C\C=C/Oc2cc3c(cc21)c1ccccc1n3-c1cccc2c1oc1ccccc12. The fourth-order valence-corrected chi connectivity index (χ4v) is 4.93. The van der Waals surface area contributed by atoms with Crippen LogP contribution in [-0.2, 0) is 0 Å². The monoisotopic (exact) mass is 425 g/mol. The number of para-hydroxylation sites is 3. The van der Waals surface area contributed by atoms with Crippen LogP contribution in [0.4, 0.5) is 0 Å². The maximum Gasteiger partial charge on any atom is 0.159 e. The molecule has 2 aromatic heterocycles. The van der Waals surface area contributed by atoms with Crippen molar-refractivity contribution in [2.24, 2.45) is 0 Å². The van der Waals surface area contributed by atoms with Crippen molar-refractivity contribution >= 4 is 49.3 Å². The molecular weight excluding hydrogens is 406 g/mol. The largest absolute Gasteiger partial charge is 0.464 e. The zero-order valence-electron chi connectivity index (χ0n) is 17.8. The van der Waals surface area contributed by atoms with Crippen molar-refractivity contribution in [3.05, 3.63) is 115 Å². The van der Waals surface area contributed by atoms with Crippen LogP contribution >= 0.6 is 0 Å². The van der Waals surface area contributed by atoms with E-state index in [0.717, 1.165) is 60.9 Å². The van der Waals surface area contributed by atoms with Crippen LogP contribution in [0, 0.1) is 0 Å². The van der Waals surface area contributed by atoms with Crippen molar-refractivity contribution in [2.45, 2.75) is 0 Å². The number of ether oxygens (including phenoxy) is 1. The highest BCUT2D eigenvalue weighted by atomic mass is 16.5. The molecule has 0 aliphatic carbocycles. The van der Waals surface area contributed by atoms with E-state index in [1.165, 1.54) is 5.39 Å². The second-order valence-electron chi connectivity index (χ2n) is 8.30. The molecule has 156 valence electrons. The summed E-state index contributed by atoms with van der Waals surface area (Å²) in [6, 6.07) is 27.3. The summed E-state index contributed by atoms with van der Waals surface area (Å²) in [6.07, 6.45) is 7.54. The van der Waals surface area contributed by atoms with E-state index in [1.54, 1.807) is 6.26 Å². The Morgan fingerprint density at radius 1 is 0.697 bits per heavy atom. The zero-order valence-corrected chi connectivity index (χ0v) is 17.8. The molecule has 0 saturated carbocycles. The molecular formula is C30H19NO2. The smallest absolute Gasteiger partial charge is 0.159 e. The van der Waals surface area contributed by atoms with Gasteiger partial charge in [0.25, 0.3) is 0 Å². The van der Waals surface area contributed by atoms with E-state index in [9.17, 15) is 0 Å². The second kappa shape index (κ2) is 6.75. The Hall–Kier alpha value is -4.50. The van der Waals surface area contributed by atoms with Gasteiger partial charge in [0.05, 0.1) is 23.0 Å². The third-order valence-electron chi connectivity index (χ3n) is 6.43. The molecule has 3 heterocycles. The molecule has 1 aliphatic heterocycles. The molecule has 0 bridgehead atoms. The fourth-order valence-electron chi connectivity index (χ4n) is 4.93. The van der Waals surface area contributed by atoms with Gasteiger partial charge in [0, 0.05) is 33.2 Å². The Kier molecular flexibility index (Phi) is 3.70. The Morgan fingerprint density at radius 2 is 1.52 bits per heavy atom. The van der Waals surface area contributed by atoms with Gasteiger partial charge in [-0.2, -0.15) is 0 Å². The van der Waals surface area contributed by atoms with Gasteiger partial charge < -0.3 is 13.7 Å². The maximum atomic E-state index is 6.38. The molecule has 7 rings (SSSR count). The first kappa shape index (κ1) is 18.1. The summed E-state index contributed by atoms with van der Waals surface area (Å²) < 4.78 is 14.7. The van der Waals surface area contributed by atoms with Crippen LogP contribution < -0.4 is 4.74 Å². The van der Waals surface area contributed by atoms with Gasteiger partial charge >= 0.3 is 0 Å².